The van der Waals surface area contributed by atoms with Crippen molar-refractivity contribution in [2.24, 2.45) is 0 Å². The zero-order chi connectivity index (χ0) is 15.5. The quantitative estimate of drug-likeness (QED) is 0.794. The molecule has 112 valence electrons. The predicted molar refractivity (Wildman–Crippen MR) is 86.9 cm³/mol. The molecule has 2 heterocycles. The van der Waals surface area contributed by atoms with E-state index in [9.17, 15) is 4.79 Å². The highest BCUT2D eigenvalue weighted by molar-refractivity contribution is 5.94. The number of aromatic nitrogens is 1. The Morgan fingerprint density at radius 2 is 2.14 bits per heavy atom. The first-order valence-electron chi connectivity index (χ1n) is 7.37. The van der Waals surface area contributed by atoms with Crippen LogP contribution in [0.4, 0.5) is 5.82 Å². The van der Waals surface area contributed by atoms with Gasteiger partial charge in [-0.2, -0.15) is 0 Å². The van der Waals surface area contributed by atoms with Gasteiger partial charge in [0.05, 0.1) is 12.7 Å². The van der Waals surface area contributed by atoms with E-state index in [0.717, 1.165) is 28.5 Å². The highest BCUT2D eigenvalue weighted by Gasteiger charge is 2.11. The van der Waals surface area contributed by atoms with E-state index in [1.165, 1.54) is 5.56 Å². The molecule has 0 atom stereocenters. The average Bonchev–Trinajstić information content (AvgIpc) is 2.89. The van der Waals surface area contributed by atoms with Crippen LogP contribution in [0.3, 0.4) is 0 Å². The van der Waals surface area contributed by atoms with Crippen LogP contribution in [0.1, 0.15) is 23.6 Å². The van der Waals surface area contributed by atoms with Crippen LogP contribution >= 0.6 is 0 Å². The summed E-state index contributed by atoms with van der Waals surface area (Å²) in [4.78, 5) is 16.3. The summed E-state index contributed by atoms with van der Waals surface area (Å²) in [6.07, 6.45) is 4.58. The minimum Gasteiger partial charge on any atom is -0.464 e. The highest BCUT2D eigenvalue weighted by Crippen LogP contribution is 2.23. The molecule has 0 saturated carbocycles. The molecule has 0 unspecified atom stereocenters. The Kier molecular flexibility index (Phi) is 3.92. The molecule has 0 spiro atoms. The van der Waals surface area contributed by atoms with Gasteiger partial charge >= 0.3 is 0 Å². The number of fused-ring (bicyclic) bond motifs is 1. The fourth-order valence-electron chi connectivity index (χ4n) is 2.45. The van der Waals surface area contributed by atoms with E-state index in [0.29, 0.717) is 5.82 Å². The normalized spacial score (nSPS) is 10.8. The van der Waals surface area contributed by atoms with Crippen molar-refractivity contribution in [1.82, 2.24) is 4.98 Å². The lowest BCUT2D eigenvalue weighted by atomic mass is 10.1. The van der Waals surface area contributed by atoms with E-state index >= 15 is 0 Å². The van der Waals surface area contributed by atoms with Gasteiger partial charge in [0.1, 0.15) is 11.4 Å². The lowest BCUT2D eigenvalue weighted by molar-refractivity contribution is -0.115. The standard InChI is InChI=1S/C18H18N2O2/c1-3-13-4-5-16-15(9-13)14(11-22-16)10-18(21)20-17-8-12(2)6-7-19-17/h4-9,11H,3,10H2,1-2H3,(H,19,20,21). The summed E-state index contributed by atoms with van der Waals surface area (Å²) in [6, 6.07) is 9.84. The van der Waals surface area contributed by atoms with Gasteiger partial charge in [0.2, 0.25) is 5.91 Å². The first-order valence-corrected chi connectivity index (χ1v) is 7.37. The summed E-state index contributed by atoms with van der Waals surface area (Å²) in [7, 11) is 0. The maximum Gasteiger partial charge on any atom is 0.230 e. The number of carbonyl (C=O) groups excluding carboxylic acids is 1. The van der Waals surface area contributed by atoms with Crippen molar-refractivity contribution in [3.8, 4) is 0 Å². The first kappa shape index (κ1) is 14.3. The number of rotatable bonds is 4. The Morgan fingerprint density at radius 1 is 1.27 bits per heavy atom. The molecule has 1 amide bonds. The second-order valence-electron chi connectivity index (χ2n) is 5.39. The maximum atomic E-state index is 12.2. The van der Waals surface area contributed by atoms with Gasteiger partial charge in [0.25, 0.3) is 0 Å². The molecule has 2 aromatic heterocycles. The number of amides is 1. The molecule has 4 heteroatoms. The Balaban J connectivity index is 1.79. The van der Waals surface area contributed by atoms with Gasteiger partial charge < -0.3 is 9.73 Å². The maximum absolute atomic E-state index is 12.2. The first-order chi connectivity index (χ1) is 10.7. The van der Waals surface area contributed by atoms with Crippen LogP contribution in [0.2, 0.25) is 0 Å². The fourth-order valence-corrected chi connectivity index (χ4v) is 2.45. The molecule has 3 aromatic rings. The summed E-state index contributed by atoms with van der Waals surface area (Å²) < 4.78 is 5.52. The summed E-state index contributed by atoms with van der Waals surface area (Å²) in [6.45, 7) is 4.07. The summed E-state index contributed by atoms with van der Waals surface area (Å²) in [5, 5.41) is 3.83. The van der Waals surface area contributed by atoms with E-state index in [1.54, 1.807) is 12.5 Å². The van der Waals surface area contributed by atoms with Crippen LogP contribution in [0.5, 0.6) is 0 Å². The molecule has 22 heavy (non-hydrogen) atoms. The topological polar surface area (TPSA) is 55.1 Å². The lowest BCUT2D eigenvalue weighted by Gasteiger charge is -2.04. The van der Waals surface area contributed by atoms with Crippen LogP contribution in [-0.2, 0) is 17.6 Å². The van der Waals surface area contributed by atoms with Crippen LogP contribution in [0, 0.1) is 6.92 Å². The summed E-state index contributed by atoms with van der Waals surface area (Å²) in [5.74, 6) is 0.481. The Hall–Kier alpha value is -2.62. The second kappa shape index (κ2) is 6.02. The van der Waals surface area contributed by atoms with Crippen LogP contribution in [-0.4, -0.2) is 10.9 Å². The van der Waals surface area contributed by atoms with E-state index in [4.69, 9.17) is 4.42 Å². The van der Waals surface area contributed by atoms with Gasteiger partial charge in [-0.25, -0.2) is 4.98 Å². The van der Waals surface area contributed by atoms with E-state index in [1.807, 2.05) is 31.2 Å². The minimum absolute atomic E-state index is 0.0947. The molecular formula is C18H18N2O2. The van der Waals surface area contributed by atoms with Gasteiger partial charge in [-0.3, -0.25) is 4.79 Å². The average molecular weight is 294 g/mol. The second-order valence-corrected chi connectivity index (χ2v) is 5.39. The highest BCUT2D eigenvalue weighted by atomic mass is 16.3. The molecule has 1 aromatic carbocycles. The molecule has 0 aliphatic carbocycles. The van der Waals surface area contributed by atoms with Crippen molar-refractivity contribution in [3.05, 3.63) is 59.5 Å². The van der Waals surface area contributed by atoms with Gasteiger partial charge in [-0.1, -0.05) is 13.0 Å². The predicted octanol–water partition coefficient (Wildman–Crippen LogP) is 3.88. The molecule has 0 radical (unpaired) electrons. The fraction of sp³-hybridized carbons (Fsp3) is 0.222. The smallest absolute Gasteiger partial charge is 0.230 e. The zero-order valence-corrected chi connectivity index (χ0v) is 12.7. The molecule has 0 saturated heterocycles. The van der Waals surface area contributed by atoms with Crippen molar-refractivity contribution < 1.29 is 9.21 Å². The summed E-state index contributed by atoms with van der Waals surface area (Å²) in [5.41, 5.74) is 4.01. The number of aryl methyl sites for hydroxylation is 2. The number of nitrogens with one attached hydrogen (secondary N) is 1. The minimum atomic E-state index is -0.0947. The molecule has 0 bridgehead atoms. The Labute approximate surface area is 129 Å². The molecule has 0 aliphatic rings. The number of furan rings is 1. The number of hydrogen-bond acceptors (Lipinski definition) is 3. The van der Waals surface area contributed by atoms with E-state index < -0.39 is 0 Å². The number of benzene rings is 1. The van der Waals surface area contributed by atoms with Crippen molar-refractivity contribution >= 4 is 22.7 Å². The van der Waals surface area contributed by atoms with Crippen molar-refractivity contribution in [2.75, 3.05) is 5.32 Å². The van der Waals surface area contributed by atoms with Crippen molar-refractivity contribution in [1.29, 1.82) is 0 Å². The molecule has 0 aliphatic heterocycles. The molecule has 4 nitrogen and oxygen atoms in total. The molecular weight excluding hydrogens is 276 g/mol. The monoisotopic (exact) mass is 294 g/mol. The van der Waals surface area contributed by atoms with Crippen LogP contribution in [0.25, 0.3) is 11.0 Å². The van der Waals surface area contributed by atoms with Gasteiger partial charge in [0, 0.05) is 17.1 Å². The van der Waals surface area contributed by atoms with Crippen molar-refractivity contribution in [3.63, 3.8) is 0 Å². The molecule has 1 N–H and O–H groups in total. The Bertz CT molecular complexity index is 821. The SMILES string of the molecule is CCc1ccc2occ(CC(=O)Nc3cc(C)ccn3)c2c1. The van der Waals surface area contributed by atoms with Gasteiger partial charge in [0.15, 0.2) is 0 Å². The lowest BCUT2D eigenvalue weighted by Crippen LogP contribution is -2.15. The van der Waals surface area contributed by atoms with Crippen LogP contribution < -0.4 is 5.32 Å². The number of carbonyl (C=O) groups is 1. The molecule has 0 fully saturated rings. The largest absolute Gasteiger partial charge is 0.464 e. The van der Waals surface area contributed by atoms with E-state index in [2.05, 4.69) is 23.3 Å². The van der Waals surface area contributed by atoms with Gasteiger partial charge in [-0.15, -0.1) is 0 Å². The zero-order valence-electron chi connectivity index (χ0n) is 12.7. The third-order valence-corrected chi connectivity index (χ3v) is 3.66. The number of anilines is 1. The number of nitrogens with zero attached hydrogens (tertiary/aromatic N) is 1. The van der Waals surface area contributed by atoms with Crippen LogP contribution in [0.15, 0.2) is 47.2 Å². The van der Waals surface area contributed by atoms with E-state index in [-0.39, 0.29) is 12.3 Å². The third kappa shape index (κ3) is 3.01. The van der Waals surface area contributed by atoms with Gasteiger partial charge in [-0.05, 0) is 48.7 Å². The van der Waals surface area contributed by atoms with Crippen molar-refractivity contribution in [2.45, 2.75) is 26.7 Å². The Morgan fingerprint density at radius 3 is 2.91 bits per heavy atom. The third-order valence-electron chi connectivity index (χ3n) is 3.66. The summed E-state index contributed by atoms with van der Waals surface area (Å²) >= 11 is 0. The number of hydrogen-bond donors (Lipinski definition) is 1. The number of pyridine rings is 1. The molecule has 3 rings (SSSR count).